The van der Waals surface area contributed by atoms with Gasteiger partial charge < -0.3 is 15.0 Å². The van der Waals surface area contributed by atoms with E-state index in [1.54, 1.807) is 29.2 Å². The van der Waals surface area contributed by atoms with Crippen molar-refractivity contribution in [2.75, 3.05) is 30.3 Å². The maximum absolute atomic E-state index is 13.5. The molecule has 0 saturated heterocycles. The van der Waals surface area contributed by atoms with Crippen LogP contribution in [0.1, 0.15) is 57.6 Å². The Labute approximate surface area is 222 Å². The van der Waals surface area contributed by atoms with Gasteiger partial charge in [-0.2, -0.15) is 0 Å². The summed E-state index contributed by atoms with van der Waals surface area (Å²) in [4.78, 5) is 28.0. The van der Waals surface area contributed by atoms with Gasteiger partial charge in [0.1, 0.15) is 11.8 Å². The van der Waals surface area contributed by atoms with Gasteiger partial charge in [-0.25, -0.2) is 8.42 Å². The van der Waals surface area contributed by atoms with Crippen LogP contribution in [0.5, 0.6) is 5.75 Å². The fourth-order valence-corrected chi connectivity index (χ4v) is 5.07. The lowest BCUT2D eigenvalue weighted by atomic mass is 10.1. The van der Waals surface area contributed by atoms with Gasteiger partial charge in [0, 0.05) is 26.1 Å². The number of carbonyl (C=O) groups is 2. The molecule has 8 nitrogen and oxygen atoms in total. The molecule has 204 valence electrons. The van der Waals surface area contributed by atoms with Crippen LogP contribution < -0.4 is 14.4 Å². The zero-order valence-corrected chi connectivity index (χ0v) is 23.5. The van der Waals surface area contributed by atoms with Crippen LogP contribution >= 0.6 is 0 Å². The smallest absolute Gasteiger partial charge is 0.242 e. The SMILES string of the molecule is CCCNC(=O)[C@H](CC)N(Cc1ccc(C)cc1)C(=O)CCCN(c1ccccc1OCC)S(C)(=O)=O. The van der Waals surface area contributed by atoms with E-state index in [9.17, 15) is 18.0 Å². The summed E-state index contributed by atoms with van der Waals surface area (Å²) in [5.74, 6) is 0.111. The summed E-state index contributed by atoms with van der Waals surface area (Å²) in [6, 6.07) is 14.2. The Morgan fingerprint density at radius 2 is 1.70 bits per heavy atom. The first-order valence-electron chi connectivity index (χ1n) is 12.9. The third-order valence-electron chi connectivity index (χ3n) is 5.99. The van der Waals surface area contributed by atoms with E-state index in [0.717, 1.165) is 23.8 Å². The molecule has 2 rings (SSSR count). The molecule has 0 fully saturated rings. The topological polar surface area (TPSA) is 96.0 Å². The van der Waals surface area contributed by atoms with Crippen molar-refractivity contribution < 1.29 is 22.7 Å². The Morgan fingerprint density at radius 1 is 1.03 bits per heavy atom. The van der Waals surface area contributed by atoms with Gasteiger partial charge in [0.25, 0.3) is 0 Å². The lowest BCUT2D eigenvalue weighted by Crippen LogP contribution is -2.49. The van der Waals surface area contributed by atoms with Crippen LogP contribution in [0.3, 0.4) is 0 Å². The number of nitrogens with zero attached hydrogens (tertiary/aromatic N) is 2. The zero-order valence-electron chi connectivity index (χ0n) is 22.7. The lowest BCUT2D eigenvalue weighted by Gasteiger charge is -2.31. The summed E-state index contributed by atoms with van der Waals surface area (Å²) in [7, 11) is -3.61. The molecule has 1 atom stereocenters. The summed E-state index contributed by atoms with van der Waals surface area (Å²) < 4.78 is 32.2. The average Bonchev–Trinajstić information content (AvgIpc) is 2.86. The van der Waals surface area contributed by atoms with Crippen LogP contribution in [0.25, 0.3) is 0 Å². The molecule has 1 N–H and O–H groups in total. The Bertz CT molecular complexity index is 1120. The number of ether oxygens (including phenoxy) is 1. The van der Waals surface area contributed by atoms with Gasteiger partial charge in [-0.15, -0.1) is 0 Å². The van der Waals surface area contributed by atoms with E-state index in [-0.39, 0.29) is 24.8 Å². The molecule has 0 spiro atoms. The Kier molecular flexibility index (Phi) is 11.9. The highest BCUT2D eigenvalue weighted by Crippen LogP contribution is 2.30. The predicted molar refractivity (Wildman–Crippen MR) is 148 cm³/mol. The van der Waals surface area contributed by atoms with Crippen molar-refractivity contribution in [3.8, 4) is 5.75 Å². The normalized spacial score (nSPS) is 12.0. The first kappa shape index (κ1) is 30.2. The molecule has 0 saturated carbocycles. The zero-order chi connectivity index (χ0) is 27.4. The highest BCUT2D eigenvalue weighted by Gasteiger charge is 2.29. The third kappa shape index (κ3) is 9.07. The highest BCUT2D eigenvalue weighted by molar-refractivity contribution is 7.92. The van der Waals surface area contributed by atoms with Gasteiger partial charge in [0.05, 0.1) is 18.6 Å². The molecule has 0 aliphatic rings. The summed E-state index contributed by atoms with van der Waals surface area (Å²) in [5.41, 5.74) is 2.49. The minimum atomic E-state index is -3.61. The standard InChI is InChI=1S/C28H41N3O5S/c1-6-19-29-28(33)24(7-2)30(21-23-17-15-22(4)16-18-23)27(32)14-11-20-31(37(5,34)35)25-12-9-10-13-26(25)36-8-3/h9-10,12-13,15-18,24H,6-8,11,14,19-21H2,1-5H3,(H,29,33)/t24-/m0/s1. The maximum atomic E-state index is 13.5. The summed E-state index contributed by atoms with van der Waals surface area (Å²) >= 11 is 0. The first-order valence-corrected chi connectivity index (χ1v) is 14.8. The summed E-state index contributed by atoms with van der Waals surface area (Å²) in [6.07, 6.45) is 2.82. The second-order valence-corrected chi connectivity index (χ2v) is 11.0. The van der Waals surface area contributed by atoms with Crippen molar-refractivity contribution in [2.45, 2.75) is 66.0 Å². The molecule has 0 aliphatic carbocycles. The van der Waals surface area contributed by atoms with Gasteiger partial charge in [0.15, 0.2) is 0 Å². The molecular weight excluding hydrogens is 490 g/mol. The second-order valence-electron chi connectivity index (χ2n) is 9.06. The number of carbonyl (C=O) groups excluding carboxylic acids is 2. The van der Waals surface area contributed by atoms with Crippen molar-refractivity contribution in [1.82, 2.24) is 10.2 Å². The predicted octanol–water partition coefficient (Wildman–Crippen LogP) is 4.27. The van der Waals surface area contributed by atoms with Gasteiger partial charge in [-0.3, -0.25) is 13.9 Å². The molecule has 2 aromatic carbocycles. The first-order chi connectivity index (χ1) is 17.6. The second kappa shape index (κ2) is 14.6. The van der Waals surface area contributed by atoms with Crippen LogP contribution in [0.15, 0.2) is 48.5 Å². The molecule has 2 amide bonds. The number of sulfonamides is 1. The van der Waals surface area contributed by atoms with Gasteiger partial charge in [0.2, 0.25) is 21.8 Å². The van der Waals surface area contributed by atoms with E-state index >= 15 is 0 Å². The fraction of sp³-hybridized carbons (Fsp3) is 0.500. The fourth-order valence-electron chi connectivity index (χ4n) is 4.10. The van der Waals surface area contributed by atoms with E-state index < -0.39 is 16.1 Å². The molecule has 2 aromatic rings. The third-order valence-corrected chi connectivity index (χ3v) is 7.17. The minimum absolute atomic E-state index is 0.103. The molecule has 0 bridgehead atoms. The Hall–Kier alpha value is -3.07. The summed E-state index contributed by atoms with van der Waals surface area (Å²) in [5, 5.41) is 2.91. The van der Waals surface area contributed by atoms with E-state index in [1.807, 2.05) is 52.0 Å². The molecule has 0 heterocycles. The number of anilines is 1. The van der Waals surface area contributed by atoms with Crippen LogP contribution in [0.2, 0.25) is 0 Å². The highest BCUT2D eigenvalue weighted by atomic mass is 32.2. The maximum Gasteiger partial charge on any atom is 0.242 e. The number of hydrogen-bond acceptors (Lipinski definition) is 5. The summed E-state index contributed by atoms with van der Waals surface area (Å²) in [6.45, 7) is 9.08. The minimum Gasteiger partial charge on any atom is -0.492 e. The molecule has 0 aliphatic heterocycles. The molecule has 9 heteroatoms. The number of hydrogen-bond donors (Lipinski definition) is 1. The Balaban J connectivity index is 2.23. The number of rotatable bonds is 15. The molecule has 0 unspecified atom stereocenters. The van der Waals surface area contributed by atoms with Gasteiger partial charge >= 0.3 is 0 Å². The molecule has 0 radical (unpaired) electrons. The van der Waals surface area contributed by atoms with Crippen molar-refractivity contribution in [2.24, 2.45) is 0 Å². The largest absolute Gasteiger partial charge is 0.492 e. The molecule has 37 heavy (non-hydrogen) atoms. The van der Waals surface area contributed by atoms with Crippen molar-refractivity contribution in [3.05, 3.63) is 59.7 Å². The quantitative estimate of drug-likeness (QED) is 0.370. The van der Waals surface area contributed by atoms with Crippen LogP contribution in [0, 0.1) is 6.92 Å². The van der Waals surface area contributed by atoms with Crippen LogP contribution in [-0.4, -0.2) is 57.1 Å². The van der Waals surface area contributed by atoms with E-state index in [2.05, 4.69) is 5.32 Å². The van der Waals surface area contributed by atoms with Crippen molar-refractivity contribution >= 4 is 27.5 Å². The van der Waals surface area contributed by atoms with Crippen molar-refractivity contribution in [3.63, 3.8) is 0 Å². The number of para-hydroxylation sites is 2. The molecular formula is C28H41N3O5S. The van der Waals surface area contributed by atoms with E-state index in [1.165, 1.54) is 4.31 Å². The van der Waals surface area contributed by atoms with Gasteiger partial charge in [-0.05, 0) is 50.8 Å². The van der Waals surface area contributed by atoms with E-state index in [4.69, 9.17) is 4.74 Å². The number of nitrogens with one attached hydrogen (secondary N) is 1. The monoisotopic (exact) mass is 531 g/mol. The number of benzene rings is 2. The van der Waals surface area contributed by atoms with E-state index in [0.29, 0.717) is 44.0 Å². The van der Waals surface area contributed by atoms with Crippen molar-refractivity contribution in [1.29, 1.82) is 0 Å². The Morgan fingerprint density at radius 3 is 2.30 bits per heavy atom. The van der Waals surface area contributed by atoms with Crippen LogP contribution in [0.4, 0.5) is 5.69 Å². The number of amides is 2. The van der Waals surface area contributed by atoms with Gasteiger partial charge in [-0.1, -0.05) is 55.8 Å². The lowest BCUT2D eigenvalue weighted by molar-refractivity contribution is -0.141. The average molecular weight is 532 g/mol. The van der Waals surface area contributed by atoms with Crippen LogP contribution in [-0.2, 0) is 26.2 Å². The molecule has 0 aromatic heterocycles. The number of aryl methyl sites for hydroxylation is 1.